The van der Waals surface area contributed by atoms with E-state index in [0.29, 0.717) is 49.7 Å². The first kappa shape index (κ1) is 23.4. The van der Waals surface area contributed by atoms with Crippen LogP contribution < -0.4 is 0 Å². The van der Waals surface area contributed by atoms with Crippen molar-refractivity contribution in [1.82, 2.24) is 0 Å². The third-order valence-electron chi connectivity index (χ3n) is 4.44. The van der Waals surface area contributed by atoms with Gasteiger partial charge in [-0.25, -0.2) is 9.59 Å². The molecule has 0 saturated heterocycles. The summed E-state index contributed by atoms with van der Waals surface area (Å²) in [6.45, 7) is 0.940. The van der Waals surface area contributed by atoms with Gasteiger partial charge < -0.3 is 18.9 Å². The van der Waals surface area contributed by atoms with E-state index in [2.05, 4.69) is 0 Å². The molecule has 0 fully saturated rings. The number of hydrogen-bond acceptors (Lipinski definition) is 8. The van der Waals surface area contributed by atoms with Crippen LogP contribution >= 0.6 is 0 Å². The van der Waals surface area contributed by atoms with Gasteiger partial charge >= 0.3 is 23.9 Å². The van der Waals surface area contributed by atoms with Crippen LogP contribution in [-0.4, -0.2) is 50.3 Å². The molecule has 2 heterocycles. The summed E-state index contributed by atoms with van der Waals surface area (Å²) in [5.74, 6) is -1.55. The standard InChI is InChI=1S/C22H28O8/c23-19-7-1-2-8-20(24)28-14-4-6-16-30-22(26)18-11-9-17(10-12-18)21(25)29-15-5-3-13-27-19/h9-12H,1-8,13-16H2. The highest BCUT2D eigenvalue weighted by atomic mass is 16.5. The Labute approximate surface area is 175 Å². The maximum atomic E-state index is 12.0. The molecule has 2 bridgehead atoms. The van der Waals surface area contributed by atoms with Crippen molar-refractivity contribution in [2.45, 2.75) is 51.4 Å². The molecule has 3 rings (SSSR count). The highest BCUT2D eigenvalue weighted by Gasteiger charge is 2.12. The van der Waals surface area contributed by atoms with E-state index in [1.54, 1.807) is 0 Å². The zero-order valence-electron chi connectivity index (χ0n) is 17.1. The Morgan fingerprint density at radius 2 is 0.800 bits per heavy atom. The minimum absolute atomic E-state index is 0.211. The van der Waals surface area contributed by atoms with Gasteiger partial charge in [0, 0.05) is 12.8 Å². The summed E-state index contributed by atoms with van der Waals surface area (Å²) in [5, 5.41) is 0. The van der Waals surface area contributed by atoms with Crippen molar-refractivity contribution in [3.8, 4) is 0 Å². The Morgan fingerprint density at radius 1 is 0.467 bits per heavy atom. The van der Waals surface area contributed by atoms with Crippen LogP contribution in [0.2, 0.25) is 0 Å². The highest BCUT2D eigenvalue weighted by Crippen LogP contribution is 2.09. The molecule has 2 aliphatic heterocycles. The van der Waals surface area contributed by atoms with E-state index < -0.39 is 11.9 Å². The van der Waals surface area contributed by atoms with E-state index in [1.807, 2.05) is 0 Å². The zero-order valence-corrected chi connectivity index (χ0v) is 17.1. The van der Waals surface area contributed by atoms with Gasteiger partial charge in [0.15, 0.2) is 0 Å². The normalized spacial score (nSPS) is 19.1. The first-order valence-electron chi connectivity index (χ1n) is 10.3. The van der Waals surface area contributed by atoms with E-state index in [9.17, 15) is 19.2 Å². The molecule has 0 saturated carbocycles. The Balaban J connectivity index is 1.86. The minimum atomic E-state index is -0.476. The highest BCUT2D eigenvalue weighted by molar-refractivity contribution is 5.93. The van der Waals surface area contributed by atoms with Crippen LogP contribution in [0.5, 0.6) is 0 Å². The first-order valence-corrected chi connectivity index (χ1v) is 10.3. The molecule has 1 aromatic carbocycles. The quantitative estimate of drug-likeness (QED) is 0.465. The van der Waals surface area contributed by atoms with Gasteiger partial charge in [-0.15, -0.1) is 0 Å². The molecule has 0 N–H and O–H groups in total. The van der Waals surface area contributed by atoms with Gasteiger partial charge in [0.1, 0.15) is 0 Å². The van der Waals surface area contributed by atoms with Crippen LogP contribution in [-0.2, 0) is 28.5 Å². The van der Waals surface area contributed by atoms with Crippen LogP contribution in [0, 0.1) is 0 Å². The van der Waals surface area contributed by atoms with Crippen molar-refractivity contribution in [2.75, 3.05) is 26.4 Å². The summed E-state index contributed by atoms with van der Waals surface area (Å²) < 4.78 is 20.6. The Kier molecular flexibility index (Phi) is 10.4. The van der Waals surface area contributed by atoms with Crippen molar-refractivity contribution in [3.05, 3.63) is 35.4 Å². The fourth-order valence-corrected chi connectivity index (χ4v) is 2.70. The Bertz CT molecular complexity index is 649. The van der Waals surface area contributed by atoms with E-state index in [0.717, 1.165) is 0 Å². The van der Waals surface area contributed by atoms with Crippen molar-refractivity contribution in [3.63, 3.8) is 0 Å². The van der Waals surface area contributed by atoms with E-state index in [1.165, 1.54) is 24.3 Å². The maximum absolute atomic E-state index is 12.0. The van der Waals surface area contributed by atoms with Gasteiger partial charge in [-0.2, -0.15) is 0 Å². The van der Waals surface area contributed by atoms with Gasteiger partial charge in [-0.05, 0) is 62.8 Å². The number of rotatable bonds is 0. The molecule has 2 aliphatic rings. The SMILES string of the molecule is O=C1CCCCC(=O)OCCCCOC(=O)c2ccc(cc2)C(=O)OCCCCO1. The Morgan fingerprint density at radius 3 is 1.17 bits per heavy atom. The second-order valence-corrected chi connectivity index (χ2v) is 6.91. The van der Waals surface area contributed by atoms with Crippen molar-refractivity contribution in [2.24, 2.45) is 0 Å². The van der Waals surface area contributed by atoms with Crippen LogP contribution in [0.3, 0.4) is 0 Å². The van der Waals surface area contributed by atoms with Gasteiger partial charge in [-0.1, -0.05) is 0 Å². The molecule has 30 heavy (non-hydrogen) atoms. The summed E-state index contributed by atoms with van der Waals surface area (Å²) in [5.41, 5.74) is 0.684. The lowest BCUT2D eigenvalue weighted by Gasteiger charge is -2.08. The molecule has 164 valence electrons. The molecular formula is C22H28O8. The molecule has 8 heteroatoms. The van der Waals surface area contributed by atoms with Crippen LogP contribution in [0.1, 0.15) is 72.1 Å². The summed E-state index contributed by atoms with van der Waals surface area (Å²) >= 11 is 0. The van der Waals surface area contributed by atoms with Gasteiger partial charge in [0.25, 0.3) is 0 Å². The second kappa shape index (κ2) is 13.3. The van der Waals surface area contributed by atoms with Crippen molar-refractivity contribution < 1.29 is 38.1 Å². The lowest BCUT2D eigenvalue weighted by molar-refractivity contribution is -0.146. The molecular weight excluding hydrogens is 392 g/mol. The smallest absolute Gasteiger partial charge is 0.338 e. The third kappa shape index (κ3) is 9.07. The second-order valence-electron chi connectivity index (χ2n) is 6.91. The number of fused-ring (bicyclic) bond motifs is 21. The topological polar surface area (TPSA) is 105 Å². The van der Waals surface area contributed by atoms with Gasteiger partial charge in [0.2, 0.25) is 0 Å². The summed E-state index contributed by atoms with van der Waals surface area (Å²) in [7, 11) is 0. The van der Waals surface area contributed by atoms with Crippen LogP contribution in [0.25, 0.3) is 0 Å². The number of carbonyl (C=O) groups excluding carboxylic acids is 4. The third-order valence-corrected chi connectivity index (χ3v) is 4.44. The number of carbonyl (C=O) groups is 4. The molecule has 0 spiro atoms. The molecule has 0 aliphatic carbocycles. The number of ether oxygens (including phenoxy) is 4. The molecule has 0 atom stereocenters. The average molecular weight is 420 g/mol. The first-order chi connectivity index (χ1) is 14.6. The van der Waals surface area contributed by atoms with Crippen molar-refractivity contribution in [1.29, 1.82) is 0 Å². The van der Waals surface area contributed by atoms with Crippen LogP contribution in [0.4, 0.5) is 0 Å². The summed E-state index contributed by atoms with van der Waals surface area (Å²) in [6.07, 6.45) is 3.91. The molecule has 0 unspecified atom stereocenters. The summed E-state index contributed by atoms with van der Waals surface area (Å²) in [4.78, 5) is 47.4. The number of hydrogen-bond donors (Lipinski definition) is 0. The molecule has 8 nitrogen and oxygen atoms in total. The predicted octanol–water partition coefficient (Wildman–Crippen LogP) is 3.22. The maximum Gasteiger partial charge on any atom is 0.338 e. The number of benzene rings is 1. The summed E-state index contributed by atoms with van der Waals surface area (Å²) in [6, 6.07) is 6.05. The fraction of sp³-hybridized carbons (Fsp3) is 0.545. The van der Waals surface area contributed by atoms with Gasteiger partial charge in [-0.3, -0.25) is 9.59 Å². The van der Waals surface area contributed by atoms with E-state index >= 15 is 0 Å². The molecule has 0 aromatic heterocycles. The lowest BCUT2D eigenvalue weighted by atomic mass is 10.1. The van der Waals surface area contributed by atoms with Crippen molar-refractivity contribution >= 4 is 23.9 Å². The van der Waals surface area contributed by atoms with Gasteiger partial charge in [0.05, 0.1) is 37.6 Å². The monoisotopic (exact) mass is 420 g/mol. The molecule has 0 amide bonds. The van der Waals surface area contributed by atoms with Crippen LogP contribution in [0.15, 0.2) is 24.3 Å². The predicted molar refractivity (Wildman–Crippen MR) is 106 cm³/mol. The minimum Gasteiger partial charge on any atom is -0.466 e. The zero-order chi connectivity index (χ0) is 21.6. The Hall–Kier alpha value is -2.90. The average Bonchev–Trinajstić information content (AvgIpc) is 2.75. The van der Waals surface area contributed by atoms with E-state index in [-0.39, 0.29) is 51.2 Å². The lowest BCUT2D eigenvalue weighted by Crippen LogP contribution is -2.11. The number of esters is 4. The molecule has 0 radical (unpaired) electrons. The molecule has 1 aromatic rings. The largest absolute Gasteiger partial charge is 0.466 e. The fourth-order valence-electron chi connectivity index (χ4n) is 2.70. The van der Waals surface area contributed by atoms with E-state index in [4.69, 9.17) is 18.9 Å².